The van der Waals surface area contributed by atoms with Crippen molar-refractivity contribution in [3.63, 3.8) is 0 Å². The SMILES string of the molecule is O=C(CN1CCCC1=O)NCCc1ccc(O)cc1. The van der Waals surface area contributed by atoms with E-state index in [1.807, 2.05) is 12.1 Å². The molecular weight excluding hydrogens is 244 g/mol. The van der Waals surface area contributed by atoms with Gasteiger partial charge in [-0.2, -0.15) is 0 Å². The maximum absolute atomic E-state index is 11.6. The summed E-state index contributed by atoms with van der Waals surface area (Å²) in [5, 5.41) is 11.9. The van der Waals surface area contributed by atoms with Crippen LogP contribution in [0.4, 0.5) is 0 Å². The topological polar surface area (TPSA) is 69.6 Å². The molecule has 1 saturated heterocycles. The van der Waals surface area contributed by atoms with E-state index < -0.39 is 0 Å². The predicted octanol–water partition coefficient (Wildman–Crippen LogP) is 0.673. The zero-order valence-corrected chi connectivity index (χ0v) is 10.8. The lowest BCUT2D eigenvalue weighted by Crippen LogP contribution is -2.38. The van der Waals surface area contributed by atoms with Crippen LogP contribution in [0.1, 0.15) is 18.4 Å². The Bertz CT molecular complexity index is 456. The second-order valence-corrected chi connectivity index (χ2v) is 4.69. The molecule has 1 aromatic rings. The molecule has 0 spiro atoms. The number of nitrogens with zero attached hydrogens (tertiary/aromatic N) is 1. The van der Waals surface area contributed by atoms with Crippen molar-refractivity contribution in [2.45, 2.75) is 19.3 Å². The molecule has 0 aromatic heterocycles. The zero-order chi connectivity index (χ0) is 13.7. The smallest absolute Gasteiger partial charge is 0.239 e. The van der Waals surface area contributed by atoms with Crippen LogP contribution in [0.5, 0.6) is 5.75 Å². The molecule has 5 nitrogen and oxygen atoms in total. The van der Waals surface area contributed by atoms with Crippen LogP contribution < -0.4 is 5.32 Å². The van der Waals surface area contributed by atoms with Crippen molar-refractivity contribution < 1.29 is 14.7 Å². The Hall–Kier alpha value is -2.04. The highest BCUT2D eigenvalue weighted by Gasteiger charge is 2.21. The van der Waals surface area contributed by atoms with Crippen molar-refractivity contribution in [3.05, 3.63) is 29.8 Å². The third kappa shape index (κ3) is 3.98. The van der Waals surface area contributed by atoms with Crippen molar-refractivity contribution >= 4 is 11.8 Å². The van der Waals surface area contributed by atoms with Gasteiger partial charge in [0.2, 0.25) is 11.8 Å². The second kappa shape index (κ2) is 6.22. The number of carbonyl (C=O) groups excluding carboxylic acids is 2. The van der Waals surface area contributed by atoms with Crippen LogP contribution in [0, 0.1) is 0 Å². The van der Waals surface area contributed by atoms with Gasteiger partial charge in [-0.25, -0.2) is 0 Å². The number of rotatable bonds is 5. The van der Waals surface area contributed by atoms with E-state index in [0.29, 0.717) is 25.9 Å². The van der Waals surface area contributed by atoms with E-state index in [0.717, 1.165) is 12.0 Å². The third-order valence-corrected chi connectivity index (χ3v) is 3.18. The number of phenolic OH excluding ortho intramolecular Hbond substituents is 1. The number of amides is 2. The standard InChI is InChI=1S/C14H18N2O3/c17-12-5-3-11(4-6-12)7-8-15-13(18)10-16-9-1-2-14(16)19/h3-6,17H,1-2,7-10H2,(H,15,18). The van der Waals surface area contributed by atoms with Crippen molar-refractivity contribution in [2.24, 2.45) is 0 Å². The molecule has 0 bridgehead atoms. The Labute approximate surface area is 112 Å². The molecule has 0 unspecified atom stereocenters. The number of hydrogen-bond donors (Lipinski definition) is 2. The summed E-state index contributed by atoms with van der Waals surface area (Å²) in [5.74, 6) is 0.183. The number of hydrogen-bond acceptors (Lipinski definition) is 3. The minimum atomic E-state index is -0.117. The molecule has 0 atom stereocenters. The Balaban J connectivity index is 1.69. The van der Waals surface area contributed by atoms with Gasteiger partial charge in [-0.15, -0.1) is 0 Å². The normalized spacial score (nSPS) is 14.7. The molecule has 1 aliphatic heterocycles. The zero-order valence-electron chi connectivity index (χ0n) is 10.8. The van der Waals surface area contributed by atoms with E-state index >= 15 is 0 Å². The summed E-state index contributed by atoms with van der Waals surface area (Å²) in [6.45, 7) is 1.38. The highest BCUT2D eigenvalue weighted by atomic mass is 16.3. The first-order valence-corrected chi connectivity index (χ1v) is 6.47. The summed E-state index contributed by atoms with van der Waals surface area (Å²) < 4.78 is 0. The molecule has 1 aromatic carbocycles. The minimum Gasteiger partial charge on any atom is -0.508 e. The molecule has 2 rings (SSSR count). The van der Waals surface area contributed by atoms with E-state index in [1.165, 1.54) is 0 Å². The molecule has 19 heavy (non-hydrogen) atoms. The molecule has 5 heteroatoms. The average molecular weight is 262 g/mol. The largest absolute Gasteiger partial charge is 0.508 e. The highest BCUT2D eigenvalue weighted by molar-refractivity contribution is 5.85. The van der Waals surface area contributed by atoms with Crippen molar-refractivity contribution in [2.75, 3.05) is 19.6 Å². The van der Waals surface area contributed by atoms with Crippen LogP contribution >= 0.6 is 0 Å². The fourth-order valence-electron chi connectivity index (χ4n) is 2.11. The summed E-state index contributed by atoms with van der Waals surface area (Å²) in [4.78, 5) is 24.6. The van der Waals surface area contributed by atoms with Gasteiger partial charge in [-0.1, -0.05) is 12.1 Å². The fraction of sp³-hybridized carbons (Fsp3) is 0.429. The molecule has 102 valence electrons. The van der Waals surface area contributed by atoms with E-state index in [4.69, 9.17) is 5.11 Å². The van der Waals surface area contributed by atoms with Gasteiger partial charge in [-0.05, 0) is 30.5 Å². The monoisotopic (exact) mass is 262 g/mol. The Morgan fingerprint density at radius 1 is 1.32 bits per heavy atom. The van der Waals surface area contributed by atoms with Crippen molar-refractivity contribution in [3.8, 4) is 5.75 Å². The number of carbonyl (C=O) groups is 2. The van der Waals surface area contributed by atoms with Crippen molar-refractivity contribution in [1.82, 2.24) is 10.2 Å². The lowest BCUT2D eigenvalue weighted by Gasteiger charge is -2.14. The quantitative estimate of drug-likeness (QED) is 0.819. The first kappa shape index (κ1) is 13.4. The summed E-state index contributed by atoms with van der Waals surface area (Å²) in [7, 11) is 0. The van der Waals surface area contributed by atoms with Gasteiger partial charge in [0, 0.05) is 19.5 Å². The molecular formula is C14H18N2O3. The molecule has 1 fully saturated rings. The fourth-order valence-corrected chi connectivity index (χ4v) is 2.11. The van der Waals surface area contributed by atoms with Crippen LogP contribution in [0.3, 0.4) is 0 Å². The number of likely N-dealkylation sites (tertiary alicyclic amines) is 1. The summed E-state index contributed by atoms with van der Waals surface area (Å²) in [5.41, 5.74) is 1.05. The number of nitrogens with one attached hydrogen (secondary N) is 1. The van der Waals surface area contributed by atoms with E-state index in [1.54, 1.807) is 17.0 Å². The van der Waals surface area contributed by atoms with Crippen LogP contribution in [-0.2, 0) is 16.0 Å². The summed E-state index contributed by atoms with van der Waals surface area (Å²) in [6, 6.07) is 6.90. The molecule has 0 saturated carbocycles. The van der Waals surface area contributed by atoms with Crippen LogP contribution in [0.15, 0.2) is 24.3 Å². The Morgan fingerprint density at radius 3 is 2.68 bits per heavy atom. The average Bonchev–Trinajstić information content (AvgIpc) is 2.78. The first-order valence-electron chi connectivity index (χ1n) is 6.47. The molecule has 2 amide bonds. The van der Waals surface area contributed by atoms with E-state index in [-0.39, 0.29) is 24.1 Å². The number of aromatic hydroxyl groups is 1. The van der Waals surface area contributed by atoms with Gasteiger partial charge in [0.05, 0.1) is 6.54 Å². The first-order chi connectivity index (χ1) is 9.15. The molecule has 0 radical (unpaired) electrons. The third-order valence-electron chi connectivity index (χ3n) is 3.18. The Kier molecular flexibility index (Phi) is 4.39. The van der Waals surface area contributed by atoms with Gasteiger partial charge < -0.3 is 15.3 Å². The number of phenols is 1. The second-order valence-electron chi connectivity index (χ2n) is 4.69. The van der Waals surface area contributed by atoms with Crippen LogP contribution in [-0.4, -0.2) is 41.5 Å². The maximum atomic E-state index is 11.6. The minimum absolute atomic E-state index is 0.0636. The van der Waals surface area contributed by atoms with Gasteiger partial charge in [0.15, 0.2) is 0 Å². The maximum Gasteiger partial charge on any atom is 0.239 e. The Morgan fingerprint density at radius 2 is 2.05 bits per heavy atom. The van der Waals surface area contributed by atoms with Crippen LogP contribution in [0.2, 0.25) is 0 Å². The van der Waals surface area contributed by atoms with E-state index in [9.17, 15) is 9.59 Å². The lowest BCUT2D eigenvalue weighted by molar-refractivity contribution is -0.133. The summed E-state index contributed by atoms with van der Waals surface area (Å²) in [6.07, 6.45) is 2.11. The molecule has 1 aliphatic rings. The van der Waals surface area contributed by atoms with E-state index in [2.05, 4.69) is 5.32 Å². The predicted molar refractivity (Wildman–Crippen MR) is 70.6 cm³/mol. The van der Waals surface area contributed by atoms with Gasteiger partial charge >= 0.3 is 0 Å². The van der Waals surface area contributed by atoms with Gasteiger partial charge in [0.25, 0.3) is 0 Å². The lowest BCUT2D eigenvalue weighted by atomic mass is 10.1. The number of benzene rings is 1. The summed E-state index contributed by atoms with van der Waals surface area (Å²) >= 11 is 0. The van der Waals surface area contributed by atoms with Gasteiger partial charge in [0.1, 0.15) is 5.75 Å². The molecule has 2 N–H and O–H groups in total. The van der Waals surface area contributed by atoms with Crippen LogP contribution in [0.25, 0.3) is 0 Å². The van der Waals surface area contributed by atoms with Crippen molar-refractivity contribution in [1.29, 1.82) is 0 Å². The molecule has 0 aliphatic carbocycles. The molecule has 1 heterocycles. The highest BCUT2D eigenvalue weighted by Crippen LogP contribution is 2.10. The van der Waals surface area contributed by atoms with Gasteiger partial charge in [-0.3, -0.25) is 9.59 Å².